The molecule has 100 valence electrons. The van der Waals surface area contributed by atoms with E-state index in [0.717, 1.165) is 6.42 Å². The van der Waals surface area contributed by atoms with E-state index in [1.165, 1.54) is 23.1 Å². The van der Waals surface area contributed by atoms with E-state index in [9.17, 15) is 9.18 Å². The number of aryl methyl sites for hydroxylation is 1. The molecule has 1 aromatic carbocycles. The highest BCUT2D eigenvalue weighted by atomic mass is 32.1. The first-order valence-electron chi connectivity index (χ1n) is 6.15. The molecule has 0 bridgehead atoms. The molecule has 0 saturated carbocycles. The summed E-state index contributed by atoms with van der Waals surface area (Å²) >= 11 is 1.68. The molecule has 0 aliphatic carbocycles. The van der Waals surface area contributed by atoms with Crippen molar-refractivity contribution in [2.75, 3.05) is 0 Å². The zero-order valence-corrected chi connectivity index (χ0v) is 11.8. The van der Waals surface area contributed by atoms with Gasteiger partial charge in [0, 0.05) is 22.9 Å². The van der Waals surface area contributed by atoms with Gasteiger partial charge in [0.05, 0.1) is 0 Å². The van der Waals surface area contributed by atoms with Crippen LogP contribution in [-0.2, 0) is 6.42 Å². The largest absolute Gasteiger partial charge is 0.349 e. The number of nitrogens with one attached hydrogen (secondary N) is 1. The first-order valence-corrected chi connectivity index (χ1v) is 7.03. The van der Waals surface area contributed by atoms with Gasteiger partial charge in [-0.3, -0.25) is 4.79 Å². The molecule has 0 aliphatic rings. The van der Waals surface area contributed by atoms with Gasteiger partial charge in [-0.15, -0.1) is 11.3 Å². The molecule has 4 heteroatoms. The van der Waals surface area contributed by atoms with E-state index in [1.807, 2.05) is 18.4 Å². The Kier molecular flexibility index (Phi) is 4.32. The Labute approximate surface area is 116 Å². The number of halogens is 1. The van der Waals surface area contributed by atoms with Crippen molar-refractivity contribution in [2.24, 2.45) is 0 Å². The number of carbonyl (C=O) groups excluding carboxylic acids is 1. The van der Waals surface area contributed by atoms with Crippen molar-refractivity contribution in [1.29, 1.82) is 0 Å². The van der Waals surface area contributed by atoms with Crippen LogP contribution in [0.5, 0.6) is 0 Å². The topological polar surface area (TPSA) is 29.1 Å². The maximum Gasteiger partial charge on any atom is 0.251 e. The smallest absolute Gasteiger partial charge is 0.251 e. The van der Waals surface area contributed by atoms with Gasteiger partial charge in [0.1, 0.15) is 5.82 Å². The average molecular weight is 277 g/mol. The van der Waals surface area contributed by atoms with E-state index in [4.69, 9.17) is 0 Å². The van der Waals surface area contributed by atoms with Crippen molar-refractivity contribution in [3.63, 3.8) is 0 Å². The van der Waals surface area contributed by atoms with Crippen LogP contribution in [0.3, 0.4) is 0 Å². The van der Waals surface area contributed by atoms with Gasteiger partial charge < -0.3 is 5.32 Å². The van der Waals surface area contributed by atoms with Crippen LogP contribution in [0.25, 0.3) is 0 Å². The minimum Gasteiger partial charge on any atom is -0.349 e. The summed E-state index contributed by atoms with van der Waals surface area (Å²) in [6, 6.07) is 8.31. The Hall–Kier alpha value is -1.68. The number of thiophene rings is 1. The third kappa shape index (κ3) is 3.64. The second-order valence-electron chi connectivity index (χ2n) is 4.62. The third-order valence-electron chi connectivity index (χ3n) is 2.90. The van der Waals surface area contributed by atoms with Crippen LogP contribution in [0.15, 0.2) is 35.7 Å². The normalized spacial score (nSPS) is 12.2. The Bertz CT molecular complexity index is 566. The maximum atomic E-state index is 13.0. The van der Waals surface area contributed by atoms with Crippen LogP contribution in [0.4, 0.5) is 4.39 Å². The molecule has 0 fully saturated rings. The number of amides is 1. The van der Waals surface area contributed by atoms with Crippen molar-refractivity contribution in [3.8, 4) is 0 Å². The molecule has 1 unspecified atom stereocenters. The molecule has 0 spiro atoms. The van der Waals surface area contributed by atoms with Gasteiger partial charge in [-0.1, -0.05) is 6.07 Å². The van der Waals surface area contributed by atoms with Gasteiger partial charge in [0.15, 0.2) is 0 Å². The number of hydrogen-bond acceptors (Lipinski definition) is 2. The minimum absolute atomic E-state index is 0.0515. The summed E-state index contributed by atoms with van der Waals surface area (Å²) in [5, 5.41) is 4.96. The zero-order chi connectivity index (χ0) is 13.8. The highest BCUT2D eigenvalue weighted by Gasteiger charge is 2.13. The van der Waals surface area contributed by atoms with Crippen LogP contribution in [0, 0.1) is 12.7 Å². The fraction of sp³-hybridized carbons (Fsp3) is 0.267. The highest BCUT2D eigenvalue weighted by Crippen LogP contribution is 2.13. The zero-order valence-electron chi connectivity index (χ0n) is 10.9. The first kappa shape index (κ1) is 13.7. The fourth-order valence-corrected chi connectivity index (χ4v) is 2.80. The lowest BCUT2D eigenvalue weighted by Gasteiger charge is -2.14. The van der Waals surface area contributed by atoms with E-state index in [1.54, 1.807) is 18.3 Å². The summed E-state index contributed by atoms with van der Waals surface area (Å²) < 4.78 is 13.0. The Morgan fingerprint density at radius 2 is 2.21 bits per heavy atom. The average Bonchev–Trinajstić information content (AvgIpc) is 2.81. The molecule has 2 rings (SSSR count). The maximum absolute atomic E-state index is 13.0. The van der Waals surface area contributed by atoms with Crippen molar-refractivity contribution >= 4 is 17.2 Å². The lowest BCUT2D eigenvalue weighted by atomic mass is 10.1. The Balaban J connectivity index is 2.00. The second-order valence-corrected chi connectivity index (χ2v) is 5.65. The molecule has 1 N–H and O–H groups in total. The molecule has 0 radical (unpaired) electrons. The number of hydrogen-bond donors (Lipinski definition) is 1. The van der Waals surface area contributed by atoms with Gasteiger partial charge in [0.25, 0.3) is 5.91 Å². The standard InChI is InChI=1S/C15H16FNOS/c1-10-8-12(16)5-6-14(10)15(18)17-11(2)9-13-4-3-7-19-13/h3-8,11H,9H2,1-2H3,(H,17,18). The monoisotopic (exact) mass is 277 g/mol. The molecule has 0 saturated heterocycles. The predicted molar refractivity (Wildman–Crippen MR) is 76.1 cm³/mol. The lowest BCUT2D eigenvalue weighted by Crippen LogP contribution is -2.34. The number of rotatable bonds is 4. The quantitative estimate of drug-likeness (QED) is 0.909. The molecule has 19 heavy (non-hydrogen) atoms. The van der Waals surface area contributed by atoms with Gasteiger partial charge >= 0.3 is 0 Å². The lowest BCUT2D eigenvalue weighted by molar-refractivity contribution is 0.0939. The summed E-state index contributed by atoms with van der Waals surface area (Å²) in [4.78, 5) is 13.3. The summed E-state index contributed by atoms with van der Waals surface area (Å²) in [5.74, 6) is -0.470. The van der Waals surface area contributed by atoms with Gasteiger partial charge in [-0.25, -0.2) is 4.39 Å². The van der Waals surface area contributed by atoms with Crippen molar-refractivity contribution in [1.82, 2.24) is 5.32 Å². The van der Waals surface area contributed by atoms with E-state index in [-0.39, 0.29) is 17.8 Å². The minimum atomic E-state index is -0.319. The van der Waals surface area contributed by atoms with Crippen LogP contribution in [0.2, 0.25) is 0 Å². The van der Waals surface area contributed by atoms with Gasteiger partial charge in [-0.2, -0.15) is 0 Å². The molecular formula is C15H16FNOS. The predicted octanol–water partition coefficient (Wildman–Crippen LogP) is 3.56. The molecule has 1 heterocycles. The van der Waals surface area contributed by atoms with Gasteiger partial charge in [-0.05, 0) is 49.1 Å². The van der Waals surface area contributed by atoms with Crippen molar-refractivity contribution in [2.45, 2.75) is 26.3 Å². The Morgan fingerprint density at radius 3 is 2.84 bits per heavy atom. The second kappa shape index (κ2) is 5.97. The van der Waals surface area contributed by atoms with Crippen LogP contribution < -0.4 is 5.32 Å². The SMILES string of the molecule is Cc1cc(F)ccc1C(=O)NC(C)Cc1cccs1. The van der Waals surface area contributed by atoms with Crippen LogP contribution >= 0.6 is 11.3 Å². The van der Waals surface area contributed by atoms with Crippen molar-refractivity contribution in [3.05, 3.63) is 57.5 Å². The molecule has 1 amide bonds. The van der Waals surface area contributed by atoms with E-state index in [0.29, 0.717) is 11.1 Å². The first-order chi connectivity index (χ1) is 9.06. The fourth-order valence-electron chi connectivity index (χ4n) is 1.96. The molecule has 1 aromatic heterocycles. The summed E-state index contributed by atoms with van der Waals surface area (Å²) in [6.45, 7) is 3.71. The summed E-state index contributed by atoms with van der Waals surface area (Å²) in [6.07, 6.45) is 0.809. The molecule has 0 aliphatic heterocycles. The van der Waals surface area contributed by atoms with E-state index < -0.39 is 0 Å². The highest BCUT2D eigenvalue weighted by molar-refractivity contribution is 7.09. The number of carbonyl (C=O) groups is 1. The molecular weight excluding hydrogens is 261 g/mol. The number of benzene rings is 1. The molecule has 2 nitrogen and oxygen atoms in total. The molecule has 2 aromatic rings. The molecule has 1 atom stereocenters. The van der Waals surface area contributed by atoms with E-state index >= 15 is 0 Å². The van der Waals surface area contributed by atoms with Crippen molar-refractivity contribution < 1.29 is 9.18 Å². The van der Waals surface area contributed by atoms with E-state index in [2.05, 4.69) is 11.4 Å². The Morgan fingerprint density at radius 1 is 1.42 bits per heavy atom. The van der Waals surface area contributed by atoms with Crippen LogP contribution in [-0.4, -0.2) is 11.9 Å². The van der Waals surface area contributed by atoms with Crippen LogP contribution in [0.1, 0.15) is 27.7 Å². The van der Waals surface area contributed by atoms with Gasteiger partial charge in [0.2, 0.25) is 0 Å². The summed E-state index contributed by atoms with van der Waals surface area (Å²) in [5.41, 5.74) is 1.18. The summed E-state index contributed by atoms with van der Waals surface area (Å²) in [7, 11) is 0. The third-order valence-corrected chi connectivity index (χ3v) is 3.80.